The van der Waals surface area contributed by atoms with Crippen LogP contribution in [0.4, 0.5) is 0 Å². The summed E-state index contributed by atoms with van der Waals surface area (Å²) in [6.07, 6.45) is 35.6. The molecule has 3 N–H and O–H groups in total. The Kier molecular flexibility index (Phi) is 27.0. The van der Waals surface area contributed by atoms with Crippen LogP contribution in [0.15, 0.2) is 0 Å². The number of hydrogen-bond acceptors (Lipinski definition) is 2. The lowest BCUT2D eigenvalue weighted by atomic mass is 10.0. The summed E-state index contributed by atoms with van der Waals surface area (Å²) in [5, 5.41) is 0. The zero-order chi connectivity index (χ0) is 22.7. The average molecular weight is 439 g/mol. The maximum atomic E-state index is 11.0. The summed E-state index contributed by atoms with van der Waals surface area (Å²) in [6, 6.07) is 0. The second kappa shape index (κ2) is 27.5. The minimum absolute atomic E-state index is 0.0333. The molecule has 0 spiro atoms. The van der Waals surface area contributed by atoms with E-state index < -0.39 is 0 Å². The van der Waals surface area contributed by atoms with E-state index in [-0.39, 0.29) is 5.91 Å². The predicted octanol–water partition coefficient (Wildman–Crippen LogP) is 9.14. The lowest BCUT2D eigenvalue weighted by Gasteiger charge is -2.04. The molecule has 0 fully saturated rings. The lowest BCUT2D eigenvalue weighted by Crippen LogP contribution is -2.29. The van der Waals surface area contributed by atoms with Crippen molar-refractivity contribution in [2.24, 2.45) is 5.84 Å². The highest BCUT2D eigenvalue weighted by atomic mass is 16.2. The third-order valence-electron chi connectivity index (χ3n) is 6.67. The van der Waals surface area contributed by atoms with Crippen molar-refractivity contribution in [2.45, 2.75) is 174 Å². The molecule has 0 aliphatic rings. The topological polar surface area (TPSA) is 55.1 Å². The van der Waals surface area contributed by atoms with Crippen LogP contribution in [0.1, 0.15) is 174 Å². The summed E-state index contributed by atoms with van der Waals surface area (Å²) in [5.74, 6) is 5.04. The molecule has 31 heavy (non-hydrogen) atoms. The Labute approximate surface area is 196 Å². The van der Waals surface area contributed by atoms with Gasteiger partial charge in [-0.25, -0.2) is 5.84 Å². The molecule has 0 aromatic heterocycles. The standard InChI is InChI=1S/C28H58N2O/c1-2-3-4-5-6-7-8-9-10-11-12-13-14-15-16-17-18-19-20-21-22-23-24-25-26-27-28(31)30-29/h2-27,29H2,1H3,(H,30,31). The van der Waals surface area contributed by atoms with Gasteiger partial charge in [0.05, 0.1) is 0 Å². The third-order valence-corrected chi connectivity index (χ3v) is 6.67. The summed E-state index contributed by atoms with van der Waals surface area (Å²) < 4.78 is 0. The molecule has 1 amide bonds. The zero-order valence-electron chi connectivity index (χ0n) is 21.4. The van der Waals surface area contributed by atoms with Gasteiger partial charge in [-0.2, -0.15) is 0 Å². The highest BCUT2D eigenvalue weighted by Gasteiger charge is 1.98. The number of hydrogen-bond donors (Lipinski definition) is 2. The van der Waals surface area contributed by atoms with Gasteiger partial charge in [-0.15, -0.1) is 0 Å². The predicted molar refractivity (Wildman–Crippen MR) is 138 cm³/mol. The number of hydrazine groups is 1. The van der Waals surface area contributed by atoms with Crippen molar-refractivity contribution in [3.05, 3.63) is 0 Å². The van der Waals surface area contributed by atoms with Crippen molar-refractivity contribution >= 4 is 5.91 Å². The molecule has 0 saturated heterocycles. The van der Waals surface area contributed by atoms with Crippen LogP contribution in [-0.4, -0.2) is 5.91 Å². The third kappa shape index (κ3) is 27.4. The van der Waals surface area contributed by atoms with Crippen LogP contribution in [0, 0.1) is 0 Å². The molecular formula is C28H58N2O. The molecule has 0 unspecified atom stereocenters. The van der Waals surface area contributed by atoms with Crippen LogP contribution in [-0.2, 0) is 4.79 Å². The Morgan fingerprint density at radius 1 is 0.452 bits per heavy atom. The minimum Gasteiger partial charge on any atom is -0.294 e. The van der Waals surface area contributed by atoms with E-state index in [2.05, 4.69) is 12.3 Å². The first kappa shape index (κ1) is 30.4. The summed E-state index contributed by atoms with van der Waals surface area (Å²) in [4.78, 5) is 11.0. The summed E-state index contributed by atoms with van der Waals surface area (Å²) in [5.41, 5.74) is 2.19. The zero-order valence-corrected chi connectivity index (χ0v) is 21.4. The maximum absolute atomic E-state index is 11.0. The largest absolute Gasteiger partial charge is 0.294 e. The Balaban J connectivity index is 3.01. The van der Waals surface area contributed by atoms with Crippen LogP contribution in [0.2, 0.25) is 0 Å². The van der Waals surface area contributed by atoms with Crippen molar-refractivity contribution in [3.63, 3.8) is 0 Å². The van der Waals surface area contributed by atoms with E-state index in [1.165, 1.54) is 148 Å². The normalized spacial score (nSPS) is 11.2. The summed E-state index contributed by atoms with van der Waals surface area (Å²) >= 11 is 0. The molecule has 3 heteroatoms. The second-order valence-electron chi connectivity index (χ2n) is 9.80. The molecule has 0 aliphatic heterocycles. The van der Waals surface area contributed by atoms with Crippen molar-refractivity contribution in [1.29, 1.82) is 0 Å². The van der Waals surface area contributed by atoms with Gasteiger partial charge in [0.25, 0.3) is 0 Å². The maximum Gasteiger partial charge on any atom is 0.233 e. The van der Waals surface area contributed by atoms with Gasteiger partial charge in [0.1, 0.15) is 0 Å². The van der Waals surface area contributed by atoms with Gasteiger partial charge < -0.3 is 0 Å². The highest BCUT2D eigenvalue weighted by molar-refractivity contribution is 5.74. The van der Waals surface area contributed by atoms with Crippen molar-refractivity contribution in [1.82, 2.24) is 5.43 Å². The fourth-order valence-corrected chi connectivity index (χ4v) is 4.50. The van der Waals surface area contributed by atoms with Gasteiger partial charge in [0.15, 0.2) is 0 Å². The van der Waals surface area contributed by atoms with Gasteiger partial charge in [-0.05, 0) is 6.42 Å². The summed E-state index contributed by atoms with van der Waals surface area (Å²) in [6.45, 7) is 2.30. The Bertz CT molecular complexity index is 346. The van der Waals surface area contributed by atoms with Gasteiger partial charge >= 0.3 is 0 Å². The minimum atomic E-state index is -0.0333. The number of carbonyl (C=O) groups is 1. The molecular weight excluding hydrogens is 380 g/mol. The Morgan fingerprint density at radius 3 is 0.903 bits per heavy atom. The number of carbonyl (C=O) groups excluding carboxylic acids is 1. The monoisotopic (exact) mass is 438 g/mol. The van der Waals surface area contributed by atoms with Gasteiger partial charge in [-0.3, -0.25) is 10.2 Å². The van der Waals surface area contributed by atoms with Crippen LogP contribution < -0.4 is 11.3 Å². The van der Waals surface area contributed by atoms with E-state index in [0.29, 0.717) is 6.42 Å². The lowest BCUT2D eigenvalue weighted by molar-refractivity contribution is -0.121. The number of unbranched alkanes of at least 4 members (excludes halogenated alkanes) is 24. The first-order chi connectivity index (χ1) is 15.3. The van der Waals surface area contributed by atoms with Gasteiger partial charge in [0.2, 0.25) is 5.91 Å². The van der Waals surface area contributed by atoms with Crippen molar-refractivity contribution < 1.29 is 4.79 Å². The fourth-order valence-electron chi connectivity index (χ4n) is 4.50. The Hall–Kier alpha value is -0.570. The number of rotatable bonds is 26. The van der Waals surface area contributed by atoms with E-state index in [4.69, 9.17) is 5.84 Å². The molecule has 186 valence electrons. The highest BCUT2D eigenvalue weighted by Crippen LogP contribution is 2.15. The SMILES string of the molecule is CCCCCCCCCCCCCCCCCCCCCCCCCCCC(=O)NN. The smallest absolute Gasteiger partial charge is 0.233 e. The molecule has 3 nitrogen and oxygen atoms in total. The van der Waals surface area contributed by atoms with E-state index in [9.17, 15) is 4.79 Å². The molecule has 0 radical (unpaired) electrons. The first-order valence-electron chi connectivity index (χ1n) is 14.3. The molecule has 0 heterocycles. The Morgan fingerprint density at radius 2 is 0.677 bits per heavy atom. The second-order valence-corrected chi connectivity index (χ2v) is 9.80. The molecule has 0 aromatic carbocycles. The van der Waals surface area contributed by atoms with E-state index >= 15 is 0 Å². The van der Waals surface area contributed by atoms with Gasteiger partial charge in [0, 0.05) is 6.42 Å². The molecule has 0 bridgehead atoms. The molecule has 0 saturated carbocycles. The molecule has 0 aromatic rings. The number of nitrogens with one attached hydrogen (secondary N) is 1. The fraction of sp³-hybridized carbons (Fsp3) is 0.964. The number of amides is 1. The molecule has 0 rings (SSSR count). The van der Waals surface area contributed by atoms with Crippen LogP contribution in [0.5, 0.6) is 0 Å². The quantitative estimate of drug-likeness (QED) is 0.0612. The summed E-state index contributed by atoms with van der Waals surface area (Å²) in [7, 11) is 0. The van der Waals surface area contributed by atoms with Crippen LogP contribution >= 0.6 is 0 Å². The van der Waals surface area contributed by atoms with Gasteiger partial charge in [-0.1, -0.05) is 161 Å². The van der Waals surface area contributed by atoms with Crippen molar-refractivity contribution in [2.75, 3.05) is 0 Å². The molecule has 0 aliphatic carbocycles. The van der Waals surface area contributed by atoms with Crippen LogP contribution in [0.25, 0.3) is 0 Å². The van der Waals surface area contributed by atoms with Crippen molar-refractivity contribution in [3.8, 4) is 0 Å². The number of nitrogens with two attached hydrogens (primary N) is 1. The van der Waals surface area contributed by atoms with E-state index in [1.54, 1.807) is 0 Å². The average Bonchev–Trinajstić information content (AvgIpc) is 2.78. The van der Waals surface area contributed by atoms with E-state index in [0.717, 1.165) is 12.8 Å². The van der Waals surface area contributed by atoms with Crippen LogP contribution in [0.3, 0.4) is 0 Å². The van der Waals surface area contributed by atoms with E-state index in [1.807, 2.05) is 0 Å². The molecule has 0 atom stereocenters. The first-order valence-corrected chi connectivity index (χ1v) is 14.3.